The van der Waals surface area contributed by atoms with E-state index in [-0.39, 0.29) is 0 Å². The molecular formula is C20H34N4. The minimum atomic E-state index is 0.730. The maximum absolute atomic E-state index is 4.78. The Labute approximate surface area is 147 Å². The van der Waals surface area contributed by atoms with Crippen LogP contribution in [0.15, 0.2) is 29.3 Å². The van der Waals surface area contributed by atoms with E-state index < -0.39 is 0 Å². The fraction of sp³-hybridized carbons (Fsp3) is 0.650. The zero-order valence-corrected chi connectivity index (χ0v) is 15.6. The number of hydrogen-bond donors (Lipinski definition) is 2. The van der Waals surface area contributed by atoms with Crippen LogP contribution < -0.4 is 10.6 Å². The topological polar surface area (TPSA) is 39.7 Å². The van der Waals surface area contributed by atoms with Gasteiger partial charge in [-0.1, -0.05) is 50.1 Å². The van der Waals surface area contributed by atoms with E-state index in [0.29, 0.717) is 0 Å². The Balaban J connectivity index is 1.85. The van der Waals surface area contributed by atoms with Crippen molar-refractivity contribution in [2.24, 2.45) is 10.9 Å². The molecular weight excluding hydrogens is 296 g/mol. The molecule has 24 heavy (non-hydrogen) atoms. The second-order valence-electron chi connectivity index (χ2n) is 6.86. The van der Waals surface area contributed by atoms with E-state index >= 15 is 0 Å². The number of aliphatic imine (C=N–C) groups is 1. The van der Waals surface area contributed by atoms with Crippen LogP contribution in [-0.4, -0.2) is 43.6 Å². The molecule has 134 valence electrons. The summed E-state index contributed by atoms with van der Waals surface area (Å²) in [6.45, 7) is 12.9. The van der Waals surface area contributed by atoms with Crippen LogP contribution >= 0.6 is 0 Å². The monoisotopic (exact) mass is 330 g/mol. The summed E-state index contributed by atoms with van der Waals surface area (Å²) in [5, 5.41) is 7.04. The number of nitrogens with zero attached hydrogens (tertiary/aromatic N) is 2. The van der Waals surface area contributed by atoms with Crippen molar-refractivity contribution >= 4 is 5.96 Å². The first-order valence-electron chi connectivity index (χ1n) is 9.51. The highest BCUT2D eigenvalue weighted by Crippen LogP contribution is 2.14. The predicted octanol–water partition coefficient (Wildman–Crippen LogP) is 3.17. The van der Waals surface area contributed by atoms with E-state index in [1.807, 2.05) is 0 Å². The summed E-state index contributed by atoms with van der Waals surface area (Å²) in [5.74, 6) is 1.70. The van der Waals surface area contributed by atoms with Gasteiger partial charge in [-0.3, -0.25) is 0 Å². The molecule has 1 aliphatic heterocycles. The maximum atomic E-state index is 4.78. The third-order valence-corrected chi connectivity index (χ3v) is 4.74. The van der Waals surface area contributed by atoms with Crippen molar-refractivity contribution in [2.45, 2.75) is 46.6 Å². The molecule has 1 heterocycles. The van der Waals surface area contributed by atoms with Gasteiger partial charge in [-0.15, -0.1) is 0 Å². The smallest absolute Gasteiger partial charge is 0.191 e. The zero-order valence-electron chi connectivity index (χ0n) is 15.6. The average molecular weight is 331 g/mol. The van der Waals surface area contributed by atoms with Crippen LogP contribution in [0.2, 0.25) is 0 Å². The standard InChI is InChI=1S/C20H34N4/c1-4-6-12-21-20(22-14-18-9-7-17(3)8-10-18)23-15-19-11-13-24(5-2)16-19/h7-10,19H,4-6,11-16H2,1-3H3,(H2,21,22,23). The summed E-state index contributed by atoms with van der Waals surface area (Å²) >= 11 is 0. The summed E-state index contributed by atoms with van der Waals surface area (Å²) in [4.78, 5) is 7.30. The average Bonchev–Trinajstić information content (AvgIpc) is 3.06. The molecule has 1 saturated heterocycles. The number of benzene rings is 1. The van der Waals surface area contributed by atoms with Gasteiger partial charge in [-0.05, 0) is 44.3 Å². The molecule has 1 aliphatic rings. The number of unbranched alkanes of at least 4 members (excludes halogenated alkanes) is 1. The normalized spacial score (nSPS) is 18.8. The van der Waals surface area contributed by atoms with Gasteiger partial charge in [-0.25, -0.2) is 4.99 Å². The predicted molar refractivity (Wildman–Crippen MR) is 103 cm³/mol. The fourth-order valence-corrected chi connectivity index (χ4v) is 3.03. The Hall–Kier alpha value is -1.55. The first kappa shape index (κ1) is 18.8. The Morgan fingerprint density at radius 3 is 2.67 bits per heavy atom. The van der Waals surface area contributed by atoms with Crippen LogP contribution in [0.25, 0.3) is 0 Å². The molecule has 0 spiro atoms. The Morgan fingerprint density at radius 1 is 1.21 bits per heavy atom. The van der Waals surface area contributed by atoms with Crippen molar-refractivity contribution in [3.05, 3.63) is 35.4 Å². The van der Waals surface area contributed by atoms with Crippen molar-refractivity contribution in [3.8, 4) is 0 Å². The lowest BCUT2D eigenvalue weighted by atomic mass is 10.1. The molecule has 4 nitrogen and oxygen atoms in total. The summed E-state index contributed by atoms with van der Waals surface area (Å²) in [5.41, 5.74) is 2.55. The van der Waals surface area contributed by atoms with Gasteiger partial charge < -0.3 is 15.5 Å². The summed E-state index contributed by atoms with van der Waals surface area (Å²) in [7, 11) is 0. The number of nitrogens with one attached hydrogen (secondary N) is 2. The van der Waals surface area contributed by atoms with E-state index in [9.17, 15) is 0 Å². The Kier molecular flexibility index (Phi) is 8.10. The SMILES string of the molecule is CCCCNC(=NCc1ccc(C)cc1)NCC1CCN(CC)C1. The lowest BCUT2D eigenvalue weighted by Crippen LogP contribution is -2.40. The van der Waals surface area contributed by atoms with E-state index in [0.717, 1.165) is 31.5 Å². The van der Waals surface area contributed by atoms with Crippen LogP contribution in [-0.2, 0) is 6.54 Å². The van der Waals surface area contributed by atoms with Gasteiger partial charge in [-0.2, -0.15) is 0 Å². The van der Waals surface area contributed by atoms with Crippen molar-refractivity contribution in [1.29, 1.82) is 0 Å². The quantitative estimate of drug-likeness (QED) is 0.437. The lowest BCUT2D eigenvalue weighted by molar-refractivity contribution is 0.341. The van der Waals surface area contributed by atoms with E-state index in [2.05, 4.69) is 60.6 Å². The highest BCUT2D eigenvalue weighted by Gasteiger charge is 2.20. The molecule has 1 aromatic rings. The largest absolute Gasteiger partial charge is 0.356 e. The van der Waals surface area contributed by atoms with Crippen molar-refractivity contribution < 1.29 is 0 Å². The molecule has 1 atom stereocenters. The van der Waals surface area contributed by atoms with Gasteiger partial charge in [0.25, 0.3) is 0 Å². The highest BCUT2D eigenvalue weighted by atomic mass is 15.2. The van der Waals surface area contributed by atoms with Crippen LogP contribution in [0.4, 0.5) is 0 Å². The maximum Gasteiger partial charge on any atom is 0.191 e. The second-order valence-corrected chi connectivity index (χ2v) is 6.86. The first-order chi connectivity index (χ1) is 11.7. The van der Waals surface area contributed by atoms with Gasteiger partial charge >= 0.3 is 0 Å². The molecule has 1 fully saturated rings. The third kappa shape index (κ3) is 6.52. The molecule has 0 aliphatic carbocycles. The van der Waals surface area contributed by atoms with Crippen LogP contribution in [0.1, 0.15) is 44.2 Å². The van der Waals surface area contributed by atoms with Crippen LogP contribution in [0.3, 0.4) is 0 Å². The molecule has 2 rings (SSSR count). The second kappa shape index (κ2) is 10.3. The molecule has 1 aromatic carbocycles. The number of guanidine groups is 1. The zero-order chi connectivity index (χ0) is 17.2. The minimum absolute atomic E-state index is 0.730. The van der Waals surface area contributed by atoms with Gasteiger partial charge in [0.15, 0.2) is 5.96 Å². The fourth-order valence-electron chi connectivity index (χ4n) is 3.03. The minimum Gasteiger partial charge on any atom is -0.356 e. The highest BCUT2D eigenvalue weighted by molar-refractivity contribution is 5.79. The molecule has 0 saturated carbocycles. The number of aryl methyl sites for hydroxylation is 1. The van der Waals surface area contributed by atoms with Gasteiger partial charge in [0, 0.05) is 19.6 Å². The van der Waals surface area contributed by atoms with Crippen LogP contribution in [0, 0.1) is 12.8 Å². The Bertz CT molecular complexity index is 495. The van der Waals surface area contributed by atoms with Gasteiger partial charge in [0.2, 0.25) is 0 Å². The van der Waals surface area contributed by atoms with Crippen molar-refractivity contribution in [3.63, 3.8) is 0 Å². The van der Waals surface area contributed by atoms with Gasteiger partial charge in [0.1, 0.15) is 0 Å². The molecule has 0 amide bonds. The first-order valence-corrected chi connectivity index (χ1v) is 9.51. The molecule has 0 radical (unpaired) electrons. The van der Waals surface area contributed by atoms with E-state index in [1.54, 1.807) is 0 Å². The molecule has 0 aromatic heterocycles. The van der Waals surface area contributed by atoms with Crippen LogP contribution in [0.5, 0.6) is 0 Å². The lowest BCUT2D eigenvalue weighted by Gasteiger charge is -2.16. The molecule has 0 bridgehead atoms. The number of likely N-dealkylation sites (tertiary alicyclic amines) is 1. The molecule has 1 unspecified atom stereocenters. The summed E-state index contributed by atoms with van der Waals surface area (Å²) in [6, 6.07) is 8.64. The van der Waals surface area contributed by atoms with E-state index in [4.69, 9.17) is 4.99 Å². The van der Waals surface area contributed by atoms with Gasteiger partial charge in [0.05, 0.1) is 6.54 Å². The van der Waals surface area contributed by atoms with Crippen molar-refractivity contribution in [2.75, 3.05) is 32.7 Å². The van der Waals surface area contributed by atoms with Crippen molar-refractivity contribution in [1.82, 2.24) is 15.5 Å². The van der Waals surface area contributed by atoms with E-state index in [1.165, 1.54) is 50.0 Å². The molecule has 4 heteroatoms. The summed E-state index contributed by atoms with van der Waals surface area (Å²) < 4.78 is 0. The Morgan fingerprint density at radius 2 is 2.00 bits per heavy atom. The number of hydrogen-bond acceptors (Lipinski definition) is 2. The third-order valence-electron chi connectivity index (χ3n) is 4.74. The summed E-state index contributed by atoms with van der Waals surface area (Å²) in [6.07, 6.45) is 3.67. The number of rotatable bonds is 8. The molecule has 2 N–H and O–H groups in total.